The van der Waals surface area contributed by atoms with Crippen molar-refractivity contribution in [2.24, 2.45) is 0 Å². The van der Waals surface area contributed by atoms with E-state index in [-0.39, 0.29) is 23.9 Å². The summed E-state index contributed by atoms with van der Waals surface area (Å²) in [7, 11) is 0. The molecule has 1 unspecified atom stereocenters. The number of furan rings is 1. The van der Waals surface area contributed by atoms with Crippen molar-refractivity contribution in [3.05, 3.63) is 88.1 Å². The van der Waals surface area contributed by atoms with E-state index in [0.29, 0.717) is 21.8 Å². The number of carbonyl (C=O) groups excluding carboxylic acids is 1. The summed E-state index contributed by atoms with van der Waals surface area (Å²) in [5.74, 6) is 0.793. The Morgan fingerprint density at radius 2 is 1.88 bits per heavy atom. The van der Waals surface area contributed by atoms with E-state index < -0.39 is 5.25 Å². The van der Waals surface area contributed by atoms with E-state index in [9.17, 15) is 9.59 Å². The SMILES string of the molecule is Cc1cccc(C(C)C)c1NC(=O)C(C)Sc1nc2ccccc2c(=O)n1Cc1ccco1. The van der Waals surface area contributed by atoms with Crippen LogP contribution >= 0.6 is 11.8 Å². The van der Waals surface area contributed by atoms with Crippen molar-refractivity contribution in [3.8, 4) is 0 Å². The maximum atomic E-state index is 13.2. The van der Waals surface area contributed by atoms with Crippen LogP contribution in [-0.2, 0) is 11.3 Å². The van der Waals surface area contributed by atoms with Crippen molar-refractivity contribution >= 4 is 34.3 Å². The zero-order valence-corrected chi connectivity index (χ0v) is 20.0. The number of benzene rings is 2. The lowest BCUT2D eigenvalue weighted by molar-refractivity contribution is -0.115. The van der Waals surface area contributed by atoms with Gasteiger partial charge in [-0.1, -0.05) is 55.9 Å². The zero-order valence-electron chi connectivity index (χ0n) is 19.2. The van der Waals surface area contributed by atoms with E-state index >= 15 is 0 Å². The van der Waals surface area contributed by atoms with E-state index in [2.05, 4.69) is 19.2 Å². The molecule has 0 aliphatic rings. The second-order valence-corrected chi connectivity index (χ2v) is 9.63. The number of fused-ring (bicyclic) bond motifs is 1. The summed E-state index contributed by atoms with van der Waals surface area (Å²) in [5, 5.41) is 3.64. The molecule has 7 heteroatoms. The van der Waals surface area contributed by atoms with E-state index in [0.717, 1.165) is 16.8 Å². The first-order valence-electron chi connectivity index (χ1n) is 10.9. The van der Waals surface area contributed by atoms with Gasteiger partial charge in [0.2, 0.25) is 5.91 Å². The Labute approximate surface area is 197 Å². The normalized spacial score (nSPS) is 12.3. The van der Waals surface area contributed by atoms with Gasteiger partial charge in [-0.2, -0.15) is 0 Å². The van der Waals surface area contributed by atoms with Crippen molar-refractivity contribution in [1.82, 2.24) is 9.55 Å². The lowest BCUT2D eigenvalue weighted by Gasteiger charge is -2.19. The fourth-order valence-electron chi connectivity index (χ4n) is 3.71. The third kappa shape index (κ3) is 4.88. The molecular formula is C26H27N3O3S. The van der Waals surface area contributed by atoms with Gasteiger partial charge in [0.25, 0.3) is 5.56 Å². The van der Waals surface area contributed by atoms with Gasteiger partial charge < -0.3 is 9.73 Å². The number of aryl methyl sites for hydroxylation is 1. The second kappa shape index (κ2) is 9.67. The molecule has 6 nitrogen and oxygen atoms in total. The van der Waals surface area contributed by atoms with Crippen LogP contribution in [-0.4, -0.2) is 20.7 Å². The number of anilines is 1. The third-order valence-electron chi connectivity index (χ3n) is 5.55. The van der Waals surface area contributed by atoms with E-state index in [1.165, 1.54) is 11.8 Å². The van der Waals surface area contributed by atoms with Crippen LogP contribution in [0.3, 0.4) is 0 Å². The van der Waals surface area contributed by atoms with Gasteiger partial charge in [-0.25, -0.2) is 4.98 Å². The molecule has 2 aromatic carbocycles. The summed E-state index contributed by atoms with van der Waals surface area (Å²) in [6.07, 6.45) is 1.58. The van der Waals surface area contributed by atoms with Gasteiger partial charge in [0.05, 0.1) is 29.0 Å². The average molecular weight is 462 g/mol. The monoisotopic (exact) mass is 461 g/mol. The van der Waals surface area contributed by atoms with Gasteiger partial charge in [0.15, 0.2) is 5.16 Å². The van der Waals surface area contributed by atoms with Gasteiger partial charge in [-0.05, 0) is 55.2 Å². The van der Waals surface area contributed by atoms with Crippen LogP contribution in [0.2, 0.25) is 0 Å². The number of hydrogen-bond acceptors (Lipinski definition) is 5. The standard InChI is InChI=1S/C26H27N3O3S/c1-16(2)20-12-7-9-17(3)23(20)28-24(30)18(4)33-26-27-22-13-6-5-11-21(22)25(31)29(26)15-19-10-8-14-32-19/h5-14,16,18H,15H2,1-4H3,(H,28,30). The maximum absolute atomic E-state index is 13.2. The predicted molar refractivity (Wildman–Crippen MR) is 133 cm³/mol. The van der Waals surface area contributed by atoms with Crippen LogP contribution in [0, 0.1) is 6.92 Å². The molecule has 2 heterocycles. The molecule has 4 aromatic rings. The molecule has 0 aliphatic carbocycles. The highest BCUT2D eigenvalue weighted by molar-refractivity contribution is 8.00. The Balaban J connectivity index is 1.66. The molecule has 1 N–H and O–H groups in total. The molecule has 0 radical (unpaired) electrons. The largest absolute Gasteiger partial charge is 0.467 e. The molecular weight excluding hydrogens is 434 g/mol. The van der Waals surface area contributed by atoms with Gasteiger partial charge in [0.1, 0.15) is 5.76 Å². The molecule has 0 saturated carbocycles. The number of para-hydroxylation sites is 2. The van der Waals surface area contributed by atoms with Crippen LogP contribution in [0.25, 0.3) is 10.9 Å². The lowest BCUT2D eigenvalue weighted by Crippen LogP contribution is -2.27. The first kappa shape index (κ1) is 22.9. The summed E-state index contributed by atoms with van der Waals surface area (Å²) < 4.78 is 7.04. The molecule has 170 valence electrons. The molecule has 0 aliphatic heterocycles. The number of nitrogens with zero attached hydrogens (tertiary/aromatic N) is 2. The first-order valence-corrected chi connectivity index (χ1v) is 11.8. The van der Waals surface area contributed by atoms with Crippen molar-refractivity contribution in [1.29, 1.82) is 0 Å². The Kier molecular flexibility index (Phi) is 6.70. The number of thioether (sulfide) groups is 1. The van der Waals surface area contributed by atoms with Crippen molar-refractivity contribution in [3.63, 3.8) is 0 Å². The Morgan fingerprint density at radius 3 is 2.61 bits per heavy atom. The molecule has 0 spiro atoms. The minimum Gasteiger partial charge on any atom is -0.467 e. The quantitative estimate of drug-likeness (QED) is 0.287. The lowest BCUT2D eigenvalue weighted by atomic mass is 9.98. The topological polar surface area (TPSA) is 77.1 Å². The fraction of sp³-hybridized carbons (Fsp3) is 0.269. The molecule has 0 fully saturated rings. The maximum Gasteiger partial charge on any atom is 0.262 e. The third-order valence-corrected chi connectivity index (χ3v) is 6.64. The van der Waals surface area contributed by atoms with Crippen molar-refractivity contribution < 1.29 is 9.21 Å². The summed E-state index contributed by atoms with van der Waals surface area (Å²) in [6, 6.07) is 16.9. The first-order chi connectivity index (χ1) is 15.8. The summed E-state index contributed by atoms with van der Waals surface area (Å²) in [6.45, 7) is 8.27. The van der Waals surface area contributed by atoms with E-state index in [1.807, 2.05) is 56.3 Å². The van der Waals surface area contributed by atoms with Crippen LogP contribution < -0.4 is 10.9 Å². The van der Waals surface area contributed by atoms with Crippen molar-refractivity contribution in [2.45, 2.75) is 50.6 Å². The molecule has 2 aromatic heterocycles. The van der Waals surface area contributed by atoms with E-state index in [4.69, 9.17) is 9.40 Å². The predicted octanol–water partition coefficient (Wildman–Crippen LogP) is 5.59. The number of aromatic nitrogens is 2. The molecule has 4 rings (SSSR count). The number of rotatable bonds is 7. The Hall–Kier alpha value is -3.32. The minimum atomic E-state index is -0.472. The highest BCUT2D eigenvalue weighted by atomic mass is 32.2. The van der Waals surface area contributed by atoms with Crippen LogP contribution in [0.4, 0.5) is 5.69 Å². The van der Waals surface area contributed by atoms with Crippen molar-refractivity contribution in [2.75, 3.05) is 5.32 Å². The molecule has 1 amide bonds. The Morgan fingerprint density at radius 1 is 1.09 bits per heavy atom. The van der Waals surface area contributed by atoms with Gasteiger partial charge in [-0.15, -0.1) is 0 Å². The summed E-state index contributed by atoms with van der Waals surface area (Å²) >= 11 is 1.27. The second-order valence-electron chi connectivity index (χ2n) is 8.33. The summed E-state index contributed by atoms with van der Waals surface area (Å²) in [5.41, 5.74) is 3.41. The number of nitrogens with one attached hydrogen (secondary N) is 1. The number of amides is 1. The van der Waals surface area contributed by atoms with Gasteiger partial charge in [0, 0.05) is 5.69 Å². The van der Waals surface area contributed by atoms with Gasteiger partial charge in [-0.3, -0.25) is 14.2 Å². The number of carbonyl (C=O) groups is 1. The smallest absolute Gasteiger partial charge is 0.262 e. The average Bonchev–Trinajstić information content (AvgIpc) is 3.30. The molecule has 0 saturated heterocycles. The van der Waals surface area contributed by atoms with Crippen LogP contribution in [0.1, 0.15) is 43.6 Å². The molecule has 0 bridgehead atoms. The zero-order chi connectivity index (χ0) is 23.5. The van der Waals surface area contributed by atoms with Crippen LogP contribution in [0.5, 0.6) is 0 Å². The van der Waals surface area contributed by atoms with Gasteiger partial charge >= 0.3 is 0 Å². The molecule has 1 atom stereocenters. The fourth-order valence-corrected chi connectivity index (χ4v) is 4.62. The summed E-state index contributed by atoms with van der Waals surface area (Å²) in [4.78, 5) is 31.1. The Bertz CT molecular complexity index is 1340. The highest BCUT2D eigenvalue weighted by Gasteiger charge is 2.22. The highest BCUT2D eigenvalue weighted by Crippen LogP contribution is 2.29. The number of hydrogen-bond donors (Lipinski definition) is 1. The van der Waals surface area contributed by atoms with Crippen LogP contribution in [0.15, 0.2) is 75.2 Å². The minimum absolute atomic E-state index is 0.136. The van der Waals surface area contributed by atoms with E-state index in [1.54, 1.807) is 23.0 Å². The molecule has 33 heavy (non-hydrogen) atoms.